The van der Waals surface area contributed by atoms with Crippen LogP contribution in [0.25, 0.3) is 11.3 Å². The van der Waals surface area contributed by atoms with Crippen molar-refractivity contribution in [3.63, 3.8) is 0 Å². The highest BCUT2D eigenvalue weighted by atomic mass is 79.9. The Kier molecular flexibility index (Phi) is 3.59. The molecule has 1 aromatic heterocycles. The summed E-state index contributed by atoms with van der Waals surface area (Å²) >= 11 is 10.4. The number of hydrogen-bond donors (Lipinski definition) is 0. The second kappa shape index (κ2) is 4.76. The number of halogens is 3. The fourth-order valence-corrected chi connectivity index (χ4v) is 3.04. The maximum Gasteiger partial charge on any atom is 0.106 e. The highest BCUT2D eigenvalue weighted by Crippen LogP contribution is 2.34. The van der Waals surface area contributed by atoms with Gasteiger partial charge in [-0.25, -0.2) is 4.98 Å². The van der Waals surface area contributed by atoms with E-state index in [4.69, 9.17) is 0 Å². The molecule has 0 aliphatic heterocycles. The van der Waals surface area contributed by atoms with Gasteiger partial charge in [-0.15, -0.1) is 0 Å². The molecule has 0 radical (unpaired) electrons. The molecule has 0 fully saturated rings. The summed E-state index contributed by atoms with van der Waals surface area (Å²) in [5.41, 5.74) is 2.00. The van der Waals surface area contributed by atoms with E-state index in [2.05, 4.69) is 52.8 Å². The average Bonchev–Trinajstić information content (AvgIpc) is 2.17. The van der Waals surface area contributed by atoms with Gasteiger partial charge in [0.2, 0.25) is 0 Å². The second-order valence-electron chi connectivity index (χ2n) is 2.94. The van der Waals surface area contributed by atoms with E-state index in [1.54, 1.807) is 0 Å². The Bertz CT molecular complexity index is 477. The van der Waals surface area contributed by atoms with Gasteiger partial charge < -0.3 is 0 Å². The SMILES string of the molecule is Brc1cccc(-c2c(Br)cccc2Br)n1. The monoisotopic (exact) mass is 389 g/mol. The molecule has 0 aliphatic carbocycles. The predicted molar refractivity (Wildman–Crippen MR) is 72.8 cm³/mol. The average molecular weight is 392 g/mol. The van der Waals surface area contributed by atoms with E-state index in [9.17, 15) is 0 Å². The zero-order valence-electron chi connectivity index (χ0n) is 7.55. The number of pyridine rings is 1. The van der Waals surface area contributed by atoms with Crippen LogP contribution in [0.2, 0.25) is 0 Å². The van der Waals surface area contributed by atoms with Gasteiger partial charge >= 0.3 is 0 Å². The van der Waals surface area contributed by atoms with Crippen molar-refractivity contribution in [2.45, 2.75) is 0 Å². The summed E-state index contributed by atoms with van der Waals surface area (Å²) in [7, 11) is 0. The zero-order valence-corrected chi connectivity index (χ0v) is 12.3. The van der Waals surface area contributed by atoms with Gasteiger partial charge in [0.05, 0.1) is 5.69 Å². The van der Waals surface area contributed by atoms with Crippen molar-refractivity contribution >= 4 is 47.8 Å². The van der Waals surface area contributed by atoms with Crippen LogP contribution in [0.15, 0.2) is 49.9 Å². The number of rotatable bonds is 1. The standard InChI is InChI=1S/C11H6Br3N/c12-7-3-1-4-8(13)11(7)9-5-2-6-10(14)15-9/h1-6H. The zero-order chi connectivity index (χ0) is 10.8. The van der Waals surface area contributed by atoms with Gasteiger partial charge in [0.1, 0.15) is 4.60 Å². The molecule has 15 heavy (non-hydrogen) atoms. The fourth-order valence-electron chi connectivity index (χ4n) is 1.29. The maximum atomic E-state index is 4.42. The first-order valence-electron chi connectivity index (χ1n) is 4.25. The van der Waals surface area contributed by atoms with E-state index in [1.165, 1.54) is 0 Å². The Hall–Kier alpha value is -0.190. The van der Waals surface area contributed by atoms with Crippen LogP contribution in [0.1, 0.15) is 0 Å². The Morgan fingerprint density at radius 3 is 2.00 bits per heavy atom. The van der Waals surface area contributed by atoms with Gasteiger partial charge in [0, 0.05) is 14.5 Å². The molecule has 0 amide bonds. The van der Waals surface area contributed by atoms with Crippen molar-refractivity contribution in [3.05, 3.63) is 49.9 Å². The van der Waals surface area contributed by atoms with Gasteiger partial charge in [-0.3, -0.25) is 0 Å². The number of benzene rings is 1. The Morgan fingerprint density at radius 2 is 1.40 bits per heavy atom. The minimum absolute atomic E-state index is 0.836. The summed E-state index contributed by atoms with van der Waals surface area (Å²) in [6.07, 6.45) is 0. The lowest BCUT2D eigenvalue weighted by molar-refractivity contribution is 1.27. The number of aromatic nitrogens is 1. The predicted octanol–water partition coefficient (Wildman–Crippen LogP) is 5.04. The summed E-state index contributed by atoms with van der Waals surface area (Å²) in [4.78, 5) is 4.42. The summed E-state index contributed by atoms with van der Waals surface area (Å²) in [6, 6.07) is 11.9. The molecule has 4 heteroatoms. The van der Waals surface area contributed by atoms with Crippen LogP contribution in [0.4, 0.5) is 0 Å². The molecule has 2 rings (SSSR count). The first kappa shape index (κ1) is 11.3. The lowest BCUT2D eigenvalue weighted by Crippen LogP contribution is -1.86. The summed E-state index contributed by atoms with van der Waals surface area (Å²) in [5.74, 6) is 0. The van der Waals surface area contributed by atoms with Crippen LogP contribution in [-0.2, 0) is 0 Å². The molecule has 0 bridgehead atoms. The first-order valence-corrected chi connectivity index (χ1v) is 6.63. The van der Waals surface area contributed by atoms with Gasteiger partial charge in [-0.1, -0.05) is 44.0 Å². The Labute approximate surface area is 113 Å². The smallest absolute Gasteiger partial charge is 0.106 e. The summed E-state index contributed by atoms with van der Waals surface area (Å²) in [5, 5.41) is 0. The molecule has 1 heterocycles. The largest absolute Gasteiger partial charge is 0.241 e. The van der Waals surface area contributed by atoms with Crippen LogP contribution in [0.5, 0.6) is 0 Å². The van der Waals surface area contributed by atoms with Crippen LogP contribution in [-0.4, -0.2) is 4.98 Å². The molecule has 0 atom stereocenters. The van der Waals surface area contributed by atoms with E-state index in [1.807, 2.05) is 36.4 Å². The molecular weight excluding hydrogens is 386 g/mol. The van der Waals surface area contributed by atoms with E-state index in [0.29, 0.717) is 0 Å². The van der Waals surface area contributed by atoms with Crippen LogP contribution in [0, 0.1) is 0 Å². The highest BCUT2D eigenvalue weighted by molar-refractivity contribution is 9.11. The fraction of sp³-hybridized carbons (Fsp3) is 0. The van der Waals surface area contributed by atoms with Crippen LogP contribution >= 0.6 is 47.8 Å². The minimum Gasteiger partial charge on any atom is -0.241 e. The summed E-state index contributed by atoms with van der Waals surface area (Å²) in [6.45, 7) is 0. The van der Waals surface area contributed by atoms with Gasteiger partial charge in [-0.2, -0.15) is 0 Å². The Morgan fingerprint density at radius 1 is 0.800 bits per heavy atom. The molecule has 0 aliphatic rings. The van der Waals surface area contributed by atoms with Gasteiger partial charge in [0.25, 0.3) is 0 Å². The molecule has 0 unspecified atom stereocenters. The van der Waals surface area contributed by atoms with Crippen molar-refractivity contribution in [3.8, 4) is 11.3 Å². The van der Waals surface area contributed by atoms with E-state index in [0.717, 1.165) is 24.8 Å². The third-order valence-electron chi connectivity index (χ3n) is 1.93. The molecule has 1 aromatic carbocycles. The normalized spacial score (nSPS) is 10.3. The molecule has 76 valence electrons. The maximum absolute atomic E-state index is 4.42. The number of nitrogens with zero attached hydrogens (tertiary/aromatic N) is 1. The van der Waals surface area contributed by atoms with E-state index in [-0.39, 0.29) is 0 Å². The molecule has 0 spiro atoms. The van der Waals surface area contributed by atoms with E-state index < -0.39 is 0 Å². The quantitative estimate of drug-likeness (QED) is 0.621. The van der Waals surface area contributed by atoms with Crippen LogP contribution < -0.4 is 0 Å². The van der Waals surface area contributed by atoms with Crippen molar-refractivity contribution in [2.75, 3.05) is 0 Å². The highest BCUT2D eigenvalue weighted by Gasteiger charge is 2.08. The third-order valence-corrected chi connectivity index (χ3v) is 3.70. The first-order chi connectivity index (χ1) is 7.18. The molecule has 0 saturated carbocycles. The van der Waals surface area contributed by atoms with Crippen molar-refractivity contribution < 1.29 is 0 Å². The topological polar surface area (TPSA) is 12.9 Å². The lowest BCUT2D eigenvalue weighted by atomic mass is 10.1. The molecule has 2 aromatic rings. The molecule has 0 saturated heterocycles. The lowest BCUT2D eigenvalue weighted by Gasteiger charge is -2.06. The minimum atomic E-state index is 0.836. The molecular formula is C11H6Br3N. The van der Waals surface area contributed by atoms with Crippen LogP contribution in [0.3, 0.4) is 0 Å². The molecule has 0 N–H and O–H groups in total. The Balaban J connectivity index is 2.63. The second-order valence-corrected chi connectivity index (χ2v) is 5.46. The third kappa shape index (κ3) is 2.49. The summed E-state index contributed by atoms with van der Waals surface area (Å²) < 4.78 is 2.90. The number of hydrogen-bond acceptors (Lipinski definition) is 1. The van der Waals surface area contributed by atoms with Crippen molar-refractivity contribution in [1.82, 2.24) is 4.98 Å². The van der Waals surface area contributed by atoms with E-state index >= 15 is 0 Å². The van der Waals surface area contributed by atoms with Gasteiger partial charge in [0.15, 0.2) is 0 Å². The molecule has 1 nitrogen and oxygen atoms in total. The van der Waals surface area contributed by atoms with Gasteiger partial charge in [-0.05, 0) is 40.2 Å². The van der Waals surface area contributed by atoms with Crippen molar-refractivity contribution in [2.24, 2.45) is 0 Å². The van der Waals surface area contributed by atoms with Crippen molar-refractivity contribution in [1.29, 1.82) is 0 Å².